The molecule has 25 heavy (non-hydrogen) atoms. The normalized spacial score (nSPS) is 12.6. The molecular weight excluding hydrogens is 359 g/mol. The zero-order valence-corrected chi connectivity index (χ0v) is 14.4. The number of hydrogen-bond donors (Lipinski definition) is 2. The maximum absolute atomic E-state index is 12.1. The van der Waals surface area contributed by atoms with Gasteiger partial charge in [0.15, 0.2) is 0 Å². The SMILES string of the molecule is O=C1Cc2cnc(Nc3cccc(Cl)c3)nc2-c2ccc(Cl)cc2N1. The van der Waals surface area contributed by atoms with Crippen molar-refractivity contribution in [3.05, 3.63) is 64.3 Å². The molecule has 1 aromatic heterocycles. The smallest absolute Gasteiger partial charge is 0.228 e. The average molecular weight is 371 g/mol. The third-order valence-electron chi connectivity index (χ3n) is 3.81. The molecule has 2 aromatic carbocycles. The van der Waals surface area contributed by atoms with E-state index in [2.05, 4.69) is 20.6 Å². The lowest BCUT2D eigenvalue weighted by Crippen LogP contribution is -2.12. The summed E-state index contributed by atoms with van der Waals surface area (Å²) in [7, 11) is 0. The van der Waals surface area contributed by atoms with Crippen molar-refractivity contribution < 1.29 is 4.79 Å². The van der Waals surface area contributed by atoms with Crippen LogP contribution in [0.3, 0.4) is 0 Å². The van der Waals surface area contributed by atoms with Crippen molar-refractivity contribution >= 4 is 46.4 Å². The molecule has 1 aliphatic rings. The standard InChI is InChI=1S/C18H12Cl2N4O/c19-11-2-1-3-13(7-11)22-18-21-9-10-6-16(25)23-15-8-12(20)4-5-14(15)17(10)24-18/h1-5,7-9H,6H2,(H,23,25)(H,21,22,24). The lowest BCUT2D eigenvalue weighted by Gasteiger charge is -2.11. The number of rotatable bonds is 2. The van der Waals surface area contributed by atoms with Crippen LogP contribution in [0.4, 0.5) is 17.3 Å². The highest BCUT2D eigenvalue weighted by atomic mass is 35.5. The van der Waals surface area contributed by atoms with Crippen LogP contribution in [0.2, 0.25) is 10.0 Å². The van der Waals surface area contributed by atoms with Crippen molar-refractivity contribution in [3.8, 4) is 11.3 Å². The summed E-state index contributed by atoms with van der Waals surface area (Å²) in [5.41, 5.74) is 3.69. The van der Waals surface area contributed by atoms with Crippen molar-refractivity contribution in [1.29, 1.82) is 0 Å². The molecule has 0 saturated heterocycles. The second kappa shape index (κ2) is 6.35. The van der Waals surface area contributed by atoms with Gasteiger partial charge < -0.3 is 10.6 Å². The van der Waals surface area contributed by atoms with Crippen LogP contribution in [0.25, 0.3) is 11.3 Å². The van der Waals surface area contributed by atoms with Gasteiger partial charge in [0.05, 0.1) is 17.8 Å². The molecule has 124 valence electrons. The van der Waals surface area contributed by atoms with Gasteiger partial charge in [0.2, 0.25) is 11.9 Å². The summed E-state index contributed by atoms with van der Waals surface area (Å²) in [6.45, 7) is 0. The van der Waals surface area contributed by atoms with Gasteiger partial charge in [-0.1, -0.05) is 29.3 Å². The zero-order chi connectivity index (χ0) is 17.4. The number of halogens is 2. The van der Waals surface area contributed by atoms with E-state index in [0.29, 0.717) is 27.4 Å². The van der Waals surface area contributed by atoms with Gasteiger partial charge in [0, 0.05) is 33.1 Å². The van der Waals surface area contributed by atoms with Crippen LogP contribution in [-0.4, -0.2) is 15.9 Å². The Bertz CT molecular complexity index is 991. The van der Waals surface area contributed by atoms with E-state index < -0.39 is 0 Å². The van der Waals surface area contributed by atoms with Crippen LogP contribution in [0.15, 0.2) is 48.7 Å². The topological polar surface area (TPSA) is 66.9 Å². The van der Waals surface area contributed by atoms with Crippen LogP contribution in [0, 0.1) is 0 Å². The third kappa shape index (κ3) is 3.29. The monoisotopic (exact) mass is 370 g/mol. The van der Waals surface area contributed by atoms with Gasteiger partial charge in [-0.3, -0.25) is 4.79 Å². The molecule has 0 saturated carbocycles. The molecule has 0 radical (unpaired) electrons. The summed E-state index contributed by atoms with van der Waals surface area (Å²) in [4.78, 5) is 21.0. The van der Waals surface area contributed by atoms with Crippen LogP contribution in [0.1, 0.15) is 5.56 Å². The van der Waals surface area contributed by atoms with E-state index in [9.17, 15) is 4.79 Å². The van der Waals surface area contributed by atoms with Gasteiger partial charge >= 0.3 is 0 Å². The summed E-state index contributed by atoms with van der Waals surface area (Å²) >= 11 is 12.1. The van der Waals surface area contributed by atoms with E-state index in [1.807, 2.05) is 18.2 Å². The number of fused-ring (bicyclic) bond motifs is 3. The Morgan fingerprint density at radius 3 is 2.76 bits per heavy atom. The number of amides is 1. The Morgan fingerprint density at radius 2 is 1.92 bits per heavy atom. The Kier molecular flexibility index (Phi) is 4.03. The molecular formula is C18H12Cl2N4O. The molecule has 4 rings (SSSR count). The molecule has 0 bridgehead atoms. The van der Waals surface area contributed by atoms with Crippen molar-refractivity contribution in [3.63, 3.8) is 0 Å². The number of nitrogens with zero attached hydrogens (tertiary/aromatic N) is 2. The van der Waals surface area contributed by atoms with Crippen molar-refractivity contribution in [2.75, 3.05) is 10.6 Å². The minimum Gasteiger partial charge on any atom is -0.325 e. The number of anilines is 3. The molecule has 1 amide bonds. The molecule has 2 heterocycles. The summed E-state index contributed by atoms with van der Waals surface area (Å²) < 4.78 is 0. The fourth-order valence-electron chi connectivity index (χ4n) is 2.72. The lowest BCUT2D eigenvalue weighted by molar-refractivity contribution is -0.115. The molecule has 0 unspecified atom stereocenters. The minimum atomic E-state index is -0.124. The van der Waals surface area contributed by atoms with Crippen LogP contribution >= 0.6 is 23.2 Å². The maximum Gasteiger partial charge on any atom is 0.228 e. The number of benzene rings is 2. The first-order valence-corrected chi connectivity index (χ1v) is 8.32. The van der Waals surface area contributed by atoms with Crippen LogP contribution in [0.5, 0.6) is 0 Å². The van der Waals surface area contributed by atoms with Crippen molar-refractivity contribution in [2.45, 2.75) is 6.42 Å². The van der Waals surface area contributed by atoms with Gasteiger partial charge in [0.25, 0.3) is 0 Å². The highest BCUT2D eigenvalue weighted by molar-refractivity contribution is 6.31. The van der Waals surface area contributed by atoms with Gasteiger partial charge in [-0.25, -0.2) is 9.97 Å². The number of nitrogens with one attached hydrogen (secondary N) is 2. The van der Waals surface area contributed by atoms with Gasteiger partial charge in [0.1, 0.15) is 0 Å². The highest BCUT2D eigenvalue weighted by Gasteiger charge is 2.21. The molecule has 7 heteroatoms. The van der Waals surface area contributed by atoms with E-state index >= 15 is 0 Å². The Balaban J connectivity index is 1.79. The predicted octanol–water partition coefficient (Wildman–Crippen LogP) is 4.69. The number of hydrogen-bond acceptors (Lipinski definition) is 4. The number of aromatic nitrogens is 2. The molecule has 1 aliphatic heterocycles. The predicted molar refractivity (Wildman–Crippen MR) is 99.5 cm³/mol. The molecule has 0 aliphatic carbocycles. The highest BCUT2D eigenvalue weighted by Crippen LogP contribution is 2.34. The van der Waals surface area contributed by atoms with Crippen LogP contribution < -0.4 is 10.6 Å². The molecule has 2 N–H and O–H groups in total. The van der Waals surface area contributed by atoms with Gasteiger partial charge in [-0.15, -0.1) is 0 Å². The molecule has 3 aromatic rings. The average Bonchev–Trinajstić information content (AvgIpc) is 2.69. The van der Waals surface area contributed by atoms with E-state index in [1.54, 1.807) is 30.5 Å². The van der Waals surface area contributed by atoms with E-state index in [1.165, 1.54) is 0 Å². The second-order valence-corrected chi connectivity index (χ2v) is 6.49. The first-order chi connectivity index (χ1) is 12.1. The zero-order valence-electron chi connectivity index (χ0n) is 12.9. The molecule has 0 spiro atoms. The first kappa shape index (κ1) is 15.9. The van der Waals surface area contributed by atoms with E-state index in [0.717, 1.165) is 16.8 Å². The Hall–Kier alpha value is -2.63. The van der Waals surface area contributed by atoms with Crippen molar-refractivity contribution in [2.24, 2.45) is 0 Å². The molecule has 0 fully saturated rings. The Labute approximate surface area is 154 Å². The van der Waals surface area contributed by atoms with Gasteiger partial charge in [-0.2, -0.15) is 0 Å². The molecule has 0 atom stereocenters. The second-order valence-electron chi connectivity index (χ2n) is 5.62. The number of carbonyl (C=O) groups excluding carboxylic acids is 1. The first-order valence-electron chi connectivity index (χ1n) is 7.57. The van der Waals surface area contributed by atoms with E-state index in [4.69, 9.17) is 23.2 Å². The summed E-state index contributed by atoms with van der Waals surface area (Å²) in [5, 5.41) is 7.16. The quantitative estimate of drug-likeness (QED) is 0.686. The third-order valence-corrected chi connectivity index (χ3v) is 4.28. The summed E-state index contributed by atoms with van der Waals surface area (Å²) in [6.07, 6.45) is 1.87. The number of carbonyl (C=O) groups is 1. The van der Waals surface area contributed by atoms with Crippen LogP contribution in [-0.2, 0) is 11.2 Å². The molecule has 5 nitrogen and oxygen atoms in total. The summed E-state index contributed by atoms with van der Waals surface area (Å²) in [6, 6.07) is 12.6. The largest absolute Gasteiger partial charge is 0.325 e. The fourth-order valence-corrected chi connectivity index (χ4v) is 3.08. The maximum atomic E-state index is 12.1. The van der Waals surface area contributed by atoms with Gasteiger partial charge in [-0.05, 0) is 36.4 Å². The lowest BCUT2D eigenvalue weighted by atomic mass is 10.1. The fraction of sp³-hybridized carbons (Fsp3) is 0.0556. The van der Waals surface area contributed by atoms with E-state index in [-0.39, 0.29) is 12.3 Å². The summed E-state index contributed by atoms with van der Waals surface area (Å²) in [5.74, 6) is 0.303. The minimum absolute atomic E-state index is 0.124. The van der Waals surface area contributed by atoms with Crippen molar-refractivity contribution in [1.82, 2.24) is 9.97 Å². The Morgan fingerprint density at radius 1 is 1.08 bits per heavy atom.